The van der Waals surface area contributed by atoms with Gasteiger partial charge in [0.05, 0.1) is 10.6 Å². The molecule has 0 atom stereocenters. The van der Waals surface area contributed by atoms with Crippen molar-refractivity contribution in [2.24, 2.45) is 4.99 Å². The summed E-state index contributed by atoms with van der Waals surface area (Å²) in [4.78, 5) is 17.2. The molecule has 1 fully saturated rings. The van der Waals surface area contributed by atoms with Crippen LogP contribution >= 0.6 is 11.8 Å². The third-order valence-corrected chi connectivity index (χ3v) is 4.85. The van der Waals surface area contributed by atoms with Gasteiger partial charge in [0.15, 0.2) is 5.17 Å². The first-order chi connectivity index (χ1) is 12.6. The number of aliphatic imine (C=N–C) groups is 1. The Kier molecular flexibility index (Phi) is 4.10. The molecule has 3 aromatic carbocycles. The van der Waals surface area contributed by atoms with Crippen LogP contribution in [0.3, 0.4) is 0 Å². The van der Waals surface area contributed by atoms with Crippen LogP contribution in [0.15, 0.2) is 70.6 Å². The van der Waals surface area contributed by atoms with Crippen LogP contribution in [0.1, 0.15) is 5.56 Å². The number of carbonyl (C=O) groups is 1. The van der Waals surface area contributed by atoms with E-state index in [1.165, 1.54) is 23.9 Å². The number of nitrogens with zero attached hydrogens (tertiary/aromatic N) is 1. The quantitative estimate of drug-likeness (QED) is 0.598. The maximum atomic E-state index is 12.2. The van der Waals surface area contributed by atoms with Crippen molar-refractivity contribution in [2.75, 3.05) is 0 Å². The number of amides is 1. The molecule has 3 aromatic rings. The van der Waals surface area contributed by atoms with E-state index in [9.17, 15) is 15.0 Å². The zero-order valence-electron chi connectivity index (χ0n) is 13.5. The fourth-order valence-electron chi connectivity index (χ4n) is 2.69. The first-order valence-corrected chi connectivity index (χ1v) is 8.71. The van der Waals surface area contributed by atoms with Crippen molar-refractivity contribution in [3.8, 4) is 11.5 Å². The molecule has 0 saturated carbocycles. The molecule has 0 spiro atoms. The lowest BCUT2D eigenvalue weighted by atomic mass is 10.1. The molecule has 4 rings (SSSR count). The average molecular weight is 362 g/mol. The van der Waals surface area contributed by atoms with Crippen LogP contribution in [-0.4, -0.2) is 21.3 Å². The molecular weight excluding hydrogens is 348 g/mol. The summed E-state index contributed by atoms with van der Waals surface area (Å²) in [7, 11) is 0. The highest BCUT2D eigenvalue weighted by Gasteiger charge is 2.24. The molecule has 26 heavy (non-hydrogen) atoms. The second-order valence-electron chi connectivity index (χ2n) is 5.72. The Bertz CT molecular complexity index is 1080. The molecule has 1 heterocycles. The van der Waals surface area contributed by atoms with Crippen LogP contribution in [-0.2, 0) is 4.79 Å². The number of hydrogen-bond donors (Lipinski definition) is 3. The molecule has 0 radical (unpaired) electrons. The van der Waals surface area contributed by atoms with Gasteiger partial charge in [-0.15, -0.1) is 0 Å². The Morgan fingerprint density at radius 2 is 1.81 bits per heavy atom. The van der Waals surface area contributed by atoms with Crippen molar-refractivity contribution in [1.29, 1.82) is 0 Å². The highest BCUT2D eigenvalue weighted by molar-refractivity contribution is 8.18. The van der Waals surface area contributed by atoms with Gasteiger partial charge < -0.3 is 15.5 Å². The summed E-state index contributed by atoms with van der Waals surface area (Å²) in [6.07, 6.45) is 1.57. The van der Waals surface area contributed by atoms with Gasteiger partial charge in [-0.3, -0.25) is 4.79 Å². The number of carbonyl (C=O) groups excluding carboxylic acids is 1. The number of rotatable bonds is 2. The molecule has 5 nitrogen and oxygen atoms in total. The van der Waals surface area contributed by atoms with E-state index in [4.69, 9.17) is 0 Å². The average Bonchev–Trinajstić information content (AvgIpc) is 2.97. The number of hydrogen-bond acceptors (Lipinski definition) is 5. The van der Waals surface area contributed by atoms with Gasteiger partial charge >= 0.3 is 0 Å². The van der Waals surface area contributed by atoms with Crippen molar-refractivity contribution in [1.82, 2.24) is 5.32 Å². The number of benzene rings is 3. The third kappa shape index (κ3) is 3.14. The predicted octanol–water partition coefficient (Wildman–Crippen LogP) is 4.14. The van der Waals surface area contributed by atoms with E-state index in [0.29, 0.717) is 15.6 Å². The second kappa shape index (κ2) is 6.57. The number of amidine groups is 1. The first-order valence-electron chi connectivity index (χ1n) is 7.89. The minimum absolute atomic E-state index is 0.0358. The molecule has 1 saturated heterocycles. The van der Waals surface area contributed by atoms with E-state index >= 15 is 0 Å². The second-order valence-corrected chi connectivity index (χ2v) is 6.75. The predicted molar refractivity (Wildman–Crippen MR) is 105 cm³/mol. The summed E-state index contributed by atoms with van der Waals surface area (Å²) >= 11 is 1.21. The molecule has 1 aliphatic rings. The van der Waals surface area contributed by atoms with E-state index in [1.807, 2.05) is 42.5 Å². The summed E-state index contributed by atoms with van der Waals surface area (Å²) in [6, 6.07) is 18.0. The molecule has 6 heteroatoms. The Labute approximate surface area is 153 Å². The molecule has 3 N–H and O–H groups in total. The van der Waals surface area contributed by atoms with Gasteiger partial charge in [-0.25, -0.2) is 4.99 Å². The SMILES string of the molecule is O=C1NC(=Nc2cccc3ccccc23)S/C1=C\c1ccc(O)cc1O. The van der Waals surface area contributed by atoms with E-state index in [2.05, 4.69) is 10.3 Å². The Hall–Kier alpha value is -3.25. The maximum absolute atomic E-state index is 12.2. The van der Waals surface area contributed by atoms with Gasteiger partial charge in [-0.1, -0.05) is 36.4 Å². The smallest absolute Gasteiger partial charge is 0.264 e. The highest BCUT2D eigenvalue weighted by atomic mass is 32.2. The number of phenolic OH excluding ortho intramolecular Hbond substituents is 2. The molecule has 0 bridgehead atoms. The van der Waals surface area contributed by atoms with Crippen molar-refractivity contribution < 1.29 is 15.0 Å². The zero-order chi connectivity index (χ0) is 18.1. The van der Waals surface area contributed by atoms with Crippen LogP contribution < -0.4 is 5.32 Å². The normalized spacial score (nSPS) is 17.2. The Balaban J connectivity index is 1.67. The van der Waals surface area contributed by atoms with Gasteiger partial charge in [0.2, 0.25) is 0 Å². The largest absolute Gasteiger partial charge is 0.508 e. The van der Waals surface area contributed by atoms with Gasteiger partial charge in [-0.2, -0.15) is 0 Å². The van der Waals surface area contributed by atoms with Crippen LogP contribution in [0.25, 0.3) is 16.8 Å². The minimum Gasteiger partial charge on any atom is -0.508 e. The lowest BCUT2D eigenvalue weighted by Crippen LogP contribution is -2.19. The van der Waals surface area contributed by atoms with Crippen LogP contribution in [0.2, 0.25) is 0 Å². The number of thioether (sulfide) groups is 1. The van der Waals surface area contributed by atoms with E-state index in [-0.39, 0.29) is 17.4 Å². The monoisotopic (exact) mass is 362 g/mol. The molecule has 1 amide bonds. The first kappa shape index (κ1) is 16.2. The molecule has 0 aromatic heterocycles. The standard InChI is InChI=1S/C20H14N2O3S/c23-14-9-8-13(17(24)11-14)10-18-19(25)22-20(26-18)21-16-7-3-5-12-4-1-2-6-15(12)16/h1-11,23-24H,(H,21,22,25)/b18-10-. The fourth-order valence-corrected chi connectivity index (χ4v) is 3.52. The fraction of sp³-hybridized carbons (Fsp3) is 0. The Morgan fingerprint density at radius 3 is 2.65 bits per heavy atom. The maximum Gasteiger partial charge on any atom is 0.264 e. The van der Waals surface area contributed by atoms with Crippen LogP contribution in [0, 0.1) is 0 Å². The van der Waals surface area contributed by atoms with Gasteiger partial charge in [0.1, 0.15) is 11.5 Å². The highest BCUT2D eigenvalue weighted by Crippen LogP contribution is 2.33. The zero-order valence-corrected chi connectivity index (χ0v) is 14.3. The molecule has 0 unspecified atom stereocenters. The summed E-state index contributed by atoms with van der Waals surface area (Å²) < 4.78 is 0. The van der Waals surface area contributed by atoms with Gasteiger partial charge in [0.25, 0.3) is 5.91 Å². The number of fused-ring (bicyclic) bond motifs is 1. The summed E-state index contributed by atoms with van der Waals surface area (Å²) in [5.41, 5.74) is 1.23. The topological polar surface area (TPSA) is 81.9 Å². The molecular formula is C20H14N2O3S. The number of phenols is 2. The van der Waals surface area contributed by atoms with Crippen LogP contribution in [0.4, 0.5) is 5.69 Å². The lowest BCUT2D eigenvalue weighted by Gasteiger charge is -2.02. The van der Waals surface area contributed by atoms with E-state index in [1.54, 1.807) is 12.1 Å². The van der Waals surface area contributed by atoms with E-state index < -0.39 is 0 Å². The minimum atomic E-state index is -0.276. The van der Waals surface area contributed by atoms with Crippen molar-refractivity contribution in [2.45, 2.75) is 0 Å². The Morgan fingerprint density at radius 1 is 1.00 bits per heavy atom. The summed E-state index contributed by atoms with van der Waals surface area (Å²) in [5, 5.41) is 24.5. The van der Waals surface area contributed by atoms with E-state index in [0.717, 1.165) is 16.5 Å². The number of aromatic hydroxyl groups is 2. The molecule has 128 valence electrons. The molecule has 0 aliphatic carbocycles. The van der Waals surface area contributed by atoms with Gasteiger partial charge in [0, 0.05) is 17.0 Å². The lowest BCUT2D eigenvalue weighted by molar-refractivity contribution is -0.115. The van der Waals surface area contributed by atoms with Crippen molar-refractivity contribution in [3.05, 3.63) is 71.1 Å². The number of nitrogens with one attached hydrogen (secondary N) is 1. The van der Waals surface area contributed by atoms with Crippen LogP contribution in [0.5, 0.6) is 11.5 Å². The summed E-state index contributed by atoms with van der Waals surface area (Å²) in [5.74, 6) is -0.404. The van der Waals surface area contributed by atoms with Crippen molar-refractivity contribution >= 4 is 45.4 Å². The van der Waals surface area contributed by atoms with Gasteiger partial charge in [-0.05, 0) is 41.4 Å². The van der Waals surface area contributed by atoms with Crippen molar-refractivity contribution in [3.63, 3.8) is 0 Å². The third-order valence-electron chi connectivity index (χ3n) is 3.94. The molecule has 1 aliphatic heterocycles. The summed E-state index contributed by atoms with van der Waals surface area (Å²) in [6.45, 7) is 0.